The van der Waals surface area contributed by atoms with E-state index in [9.17, 15) is 9.59 Å². The van der Waals surface area contributed by atoms with Gasteiger partial charge in [0.05, 0.1) is 0 Å². The first-order valence-electron chi connectivity index (χ1n) is 7.50. The second kappa shape index (κ2) is 5.16. The minimum Gasteiger partial charge on any atom is -0.361 e. The fourth-order valence-electron chi connectivity index (χ4n) is 3.91. The standard InChI is InChI=1S/C15H21N3O3/c1-10-8-12(17-21-10)14(20)18-7-6-15(9-18)5-3-4-11(15)13(19)16-2/h8,11H,3-7,9H2,1-2H3,(H,16,19)/t11-,15-/m0/s1. The molecule has 0 unspecified atom stereocenters. The number of amides is 2. The normalized spacial score (nSPS) is 28.3. The zero-order valence-corrected chi connectivity index (χ0v) is 12.5. The van der Waals surface area contributed by atoms with E-state index in [-0.39, 0.29) is 23.1 Å². The topological polar surface area (TPSA) is 75.4 Å². The average Bonchev–Trinajstić information content (AvgIpc) is 3.19. The third kappa shape index (κ3) is 2.32. The van der Waals surface area contributed by atoms with Crippen LogP contribution in [0.15, 0.2) is 10.6 Å². The largest absolute Gasteiger partial charge is 0.361 e. The molecule has 1 aliphatic heterocycles. The first kappa shape index (κ1) is 14.1. The lowest BCUT2D eigenvalue weighted by Crippen LogP contribution is -2.40. The maximum Gasteiger partial charge on any atom is 0.276 e. The average molecular weight is 291 g/mol. The Morgan fingerprint density at radius 2 is 2.29 bits per heavy atom. The summed E-state index contributed by atoms with van der Waals surface area (Å²) in [5.74, 6) is 0.682. The summed E-state index contributed by atoms with van der Waals surface area (Å²) in [5.41, 5.74) is 0.313. The Hall–Kier alpha value is -1.85. The Kier molecular flexibility index (Phi) is 3.47. The van der Waals surface area contributed by atoms with Crippen molar-refractivity contribution >= 4 is 11.8 Å². The molecule has 0 radical (unpaired) electrons. The van der Waals surface area contributed by atoms with Gasteiger partial charge in [-0.1, -0.05) is 11.6 Å². The van der Waals surface area contributed by atoms with Gasteiger partial charge in [-0.3, -0.25) is 9.59 Å². The number of carbonyl (C=O) groups is 2. The first-order valence-corrected chi connectivity index (χ1v) is 7.50. The molecule has 2 atom stereocenters. The fourth-order valence-corrected chi connectivity index (χ4v) is 3.91. The zero-order chi connectivity index (χ0) is 15.0. The highest BCUT2D eigenvalue weighted by Gasteiger charge is 2.51. The van der Waals surface area contributed by atoms with Crippen LogP contribution in [0.3, 0.4) is 0 Å². The van der Waals surface area contributed by atoms with E-state index in [1.807, 2.05) is 4.90 Å². The fraction of sp³-hybridized carbons (Fsp3) is 0.667. The van der Waals surface area contributed by atoms with Gasteiger partial charge in [-0.15, -0.1) is 0 Å². The quantitative estimate of drug-likeness (QED) is 0.892. The summed E-state index contributed by atoms with van der Waals surface area (Å²) in [6.07, 6.45) is 3.90. The summed E-state index contributed by atoms with van der Waals surface area (Å²) in [6, 6.07) is 1.66. The van der Waals surface area contributed by atoms with Crippen molar-refractivity contribution in [1.82, 2.24) is 15.4 Å². The van der Waals surface area contributed by atoms with Crippen molar-refractivity contribution in [3.05, 3.63) is 17.5 Å². The van der Waals surface area contributed by atoms with E-state index in [1.54, 1.807) is 20.0 Å². The second-order valence-electron chi connectivity index (χ2n) is 6.22. The van der Waals surface area contributed by atoms with Crippen molar-refractivity contribution in [2.75, 3.05) is 20.1 Å². The number of hydrogen-bond donors (Lipinski definition) is 1. The van der Waals surface area contributed by atoms with Crippen molar-refractivity contribution in [3.63, 3.8) is 0 Å². The van der Waals surface area contributed by atoms with Gasteiger partial charge < -0.3 is 14.7 Å². The summed E-state index contributed by atoms with van der Waals surface area (Å²) in [5, 5.41) is 6.57. The van der Waals surface area contributed by atoms with Crippen LogP contribution in [0.25, 0.3) is 0 Å². The molecule has 1 spiro atoms. The molecule has 3 rings (SSSR count). The van der Waals surface area contributed by atoms with Gasteiger partial charge in [0, 0.05) is 37.5 Å². The van der Waals surface area contributed by atoms with Crippen molar-refractivity contribution in [3.8, 4) is 0 Å². The van der Waals surface area contributed by atoms with E-state index in [4.69, 9.17) is 4.52 Å². The Labute approximate surface area is 123 Å². The molecule has 2 heterocycles. The van der Waals surface area contributed by atoms with Gasteiger partial charge in [0.1, 0.15) is 5.76 Å². The van der Waals surface area contributed by atoms with Gasteiger partial charge in [0.25, 0.3) is 5.91 Å². The lowest BCUT2D eigenvalue weighted by atomic mass is 9.76. The number of nitrogens with zero attached hydrogens (tertiary/aromatic N) is 2. The van der Waals surface area contributed by atoms with Gasteiger partial charge in [0.15, 0.2) is 5.69 Å². The van der Waals surface area contributed by atoms with E-state index >= 15 is 0 Å². The van der Waals surface area contributed by atoms with E-state index in [2.05, 4.69) is 10.5 Å². The molecule has 114 valence electrons. The van der Waals surface area contributed by atoms with Gasteiger partial charge in [-0.05, 0) is 26.2 Å². The van der Waals surface area contributed by atoms with E-state index in [0.717, 1.165) is 25.7 Å². The Balaban J connectivity index is 1.75. The van der Waals surface area contributed by atoms with E-state index in [0.29, 0.717) is 24.5 Å². The highest BCUT2D eigenvalue weighted by atomic mass is 16.5. The number of carbonyl (C=O) groups excluding carboxylic acids is 2. The van der Waals surface area contributed by atoms with Gasteiger partial charge in [-0.2, -0.15) is 0 Å². The lowest BCUT2D eigenvalue weighted by Gasteiger charge is -2.30. The van der Waals surface area contributed by atoms with Crippen molar-refractivity contribution in [2.24, 2.45) is 11.3 Å². The molecular formula is C15H21N3O3. The number of aromatic nitrogens is 1. The molecule has 1 N–H and O–H groups in total. The molecule has 0 bridgehead atoms. The minimum atomic E-state index is -0.0914. The van der Waals surface area contributed by atoms with Crippen LogP contribution in [-0.4, -0.2) is 42.0 Å². The molecule has 1 aliphatic carbocycles. The van der Waals surface area contributed by atoms with Gasteiger partial charge in [0.2, 0.25) is 5.91 Å². The third-order valence-electron chi connectivity index (χ3n) is 4.99. The number of nitrogens with one attached hydrogen (secondary N) is 1. The van der Waals surface area contributed by atoms with Crippen LogP contribution in [0.5, 0.6) is 0 Å². The summed E-state index contributed by atoms with van der Waals surface area (Å²) >= 11 is 0. The molecule has 21 heavy (non-hydrogen) atoms. The summed E-state index contributed by atoms with van der Waals surface area (Å²) in [6.45, 7) is 3.11. The maximum absolute atomic E-state index is 12.4. The molecule has 1 saturated heterocycles. The predicted molar refractivity (Wildman–Crippen MR) is 75.6 cm³/mol. The highest BCUT2D eigenvalue weighted by Crippen LogP contribution is 2.49. The van der Waals surface area contributed by atoms with Crippen LogP contribution in [0.2, 0.25) is 0 Å². The van der Waals surface area contributed by atoms with Gasteiger partial charge in [-0.25, -0.2) is 0 Å². The molecule has 2 fully saturated rings. The molecule has 2 amide bonds. The third-order valence-corrected chi connectivity index (χ3v) is 4.99. The van der Waals surface area contributed by atoms with Crippen molar-refractivity contribution < 1.29 is 14.1 Å². The van der Waals surface area contributed by atoms with Crippen LogP contribution in [0.1, 0.15) is 41.9 Å². The summed E-state index contributed by atoms with van der Waals surface area (Å²) < 4.78 is 4.98. The van der Waals surface area contributed by atoms with Crippen molar-refractivity contribution in [2.45, 2.75) is 32.6 Å². The van der Waals surface area contributed by atoms with Gasteiger partial charge >= 0.3 is 0 Å². The lowest BCUT2D eigenvalue weighted by molar-refractivity contribution is -0.127. The van der Waals surface area contributed by atoms with E-state index < -0.39 is 0 Å². The van der Waals surface area contributed by atoms with Crippen LogP contribution >= 0.6 is 0 Å². The number of hydrogen-bond acceptors (Lipinski definition) is 4. The Morgan fingerprint density at radius 3 is 2.95 bits per heavy atom. The predicted octanol–water partition coefficient (Wildman–Crippen LogP) is 1.36. The molecule has 6 nitrogen and oxygen atoms in total. The molecule has 0 aromatic carbocycles. The van der Waals surface area contributed by atoms with Crippen LogP contribution < -0.4 is 5.32 Å². The van der Waals surface area contributed by atoms with E-state index in [1.165, 1.54) is 0 Å². The molecule has 6 heteroatoms. The smallest absolute Gasteiger partial charge is 0.276 e. The summed E-state index contributed by atoms with van der Waals surface area (Å²) in [4.78, 5) is 26.4. The maximum atomic E-state index is 12.4. The number of likely N-dealkylation sites (tertiary alicyclic amines) is 1. The Bertz CT molecular complexity index is 568. The Morgan fingerprint density at radius 1 is 1.48 bits per heavy atom. The van der Waals surface area contributed by atoms with Crippen LogP contribution in [0, 0.1) is 18.3 Å². The van der Waals surface area contributed by atoms with Crippen LogP contribution in [-0.2, 0) is 4.79 Å². The van der Waals surface area contributed by atoms with Crippen LogP contribution in [0.4, 0.5) is 0 Å². The second-order valence-corrected chi connectivity index (χ2v) is 6.22. The monoisotopic (exact) mass is 291 g/mol. The number of aryl methyl sites for hydroxylation is 1. The zero-order valence-electron chi connectivity index (χ0n) is 12.5. The highest BCUT2D eigenvalue weighted by molar-refractivity contribution is 5.92. The first-order chi connectivity index (χ1) is 10.1. The number of rotatable bonds is 2. The SMILES string of the molecule is CNC(=O)[C@@H]1CCC[C@@]12CCN(C(=O)c1cc(C)on1)C2. The van der Waals surface area contributed by atoms with Crippen molar-refractivity contribution in [1.29, 1.82) is 0 Å². The molecule has 2 aliphatic rings. The molecular weight excluding hydrogens is 270 g/mol. The molecule has 1 aromatic rings. The minimum absolute atomic E-state index is 0.0272. The molecule has 1 saturated carbocycles. The molecule has 1 aromatic heterocycles. The summed E-state index contributed by atoms with van der Waals surface area (Å²) in [7, 11) is 1.68.